The van der Waals surface area contributed by atoms with E-state index in [4.69, 9.17) is 28.3 Å². The topological polar surface area (TPSA) is 148 Å². The molecular formula is C34H46Cl2N4O7S. The number of rotatable bonds is 15. The number of fused-ring (bicyclic) bond motifs is 1. The number of halogens is 2. The van der Waals surface area contributed by atoms with Gasteiger partial charge in [-0.2, -0.15) is 0 Å². The molecule has 48 heavy (non-hydrogen) atoms. The smallest absolute Gasteiger partial charge is 0.245 e. The fraction of sp³-hybridized carbons (Fsp3) is 0.588. The minimum atomic E-state index is -1.74. The van der Waals surface area contributed by atoms with Crippen LogP contribution in [0, 0.1) is 0 Å². The third kappa shape index (κ3) is 8.77. The molecule has 5 N–H and O–H groups in total. The number of amides is 2. The van der Waals surface area contributed by atoms with Crippen molar-refractivity contribution in [1.82, 2.24) is 9.80 Å². The molecule has 0 spiro atoms. The summed E-state index contributed by atoms with van der Waals surface area (Å²) >= 11 is 15.2. The zero-order valence-electron chi connectivity index (χ0n) is 27.1. The summed E-state index contributed by atoms with van der Waals surface area (Å²) in [6.07, 6.45) is -2.13. The Morgan fingerprint density at radius 3 is 2.33 bits per heavy atom. The van der Waals surface area contributed by atoms with Crippen LogP contribution in [-0.4, -0.2) is 129 Å². The van der Waals surface area contributed by atoms with Gasteiger partial charge in [0, 0.05) is 67.4 Å². The van der Waals surface area contributed by atoms with E-state index >= 15 is 0 Å². The standard InChI is InChI=1S/C34H46Cl2N4O7S/c1-37(17-29(42)32(45)33(46)30(43)18-41)31(44)9-5-2-6-21-14-25(36)22(15-24(21)35)16-38-20-48-19-28(38)34(47)40-13-12-39(23-10-11-23)26-7-3-4-8-27(26)40/h3-4,7-8,14-15,23,28-30,32-33,41-43,45-46H,2,5-6,9-13,16-20H2,1H3/t28-,29-,30+,32+,33+/m0/s1. The number of thioether (sulfide) groups is 1. The summed E-state index contributed by atoms with van der Waals surface area (Å²) in [5.74, 6) is 1.30. The lowest BCUT2D eigenvalue weighted by molar-refractivity contribution is -0.138. The van der Waals surface area contributed by atoms with Gasteiger partial charge in [-0.1, -0.05) is 35.3 Å². The highest BCUT2D eigenvalue weighted by atomic mass is 35.5. The van der Waals surface area contributed by atoms with Crippen LogP contribution >= 0.6 is 35.0 Å². The van der Waals surface area contributed by atoms with Gasteiger partial charge in [0.25, 0.3) is 0 Å². The first-order chi connectivity index (χ1) is 23.0. The number of unbranched alkanes of at least 4 members (excludes halogenated alkanes) is 1. The highest BCUT2D eigenvalue weighted by molar-refractivity contribution is 7.99. The van der Waals surface area contributed by atoms with Crippen LogP contribution in [0.4, 0.5) is 11.4 Å². The van der Waals surface area contributed by atoms with E-state index in [9.17, 15) is 30.0 Å². The van der Waals surface area contributed by atoms with Gasteiger partial charge < -0.3 is 40.2 Å². The number of hydrogen-bond acceptors (Lipinski definition) is 10. The minimum absolute atomic E-state index is 0.116. The lowest BCUT2D eigenvalue weighted by atomic mass is 10.0. The van der Waals surface area contributed by atoms with E-state index in [0.29, 0.717) is 48.4 Å². The maximum Gasteiger partial charge on any atom is 0.245 e. The summed E-state index contributed by atoms with van der Waals surface area (Å²) < 4.78 is 0. The number of carbonyl (C=O) groups is 2. The van der Waals surface area contributed by atoms with Crippen molar-refractivity contribution < 1.29 is 35.1 Å². The summed E-state index contributed by atoms with van der Waals surface area (Å²) in [4.78, 5) is 34.4. The first-order valence-corrected chi connectivity index (χ1v) is 18.4. The number of aliphatic hydroxyl groups excluding tert-OH is 5. The first kappa shape index (κ1) is 37.1. The van der Waals surface area contributed by atoms with Crippen LogP contribution in [0.3, 0.4) is 0 Å². The second kappa shape index (κ2) is 16.7. The van der Waals surface area contributed by atoms with Gasteiger partial charge in [-0.15, -0.1) is 11.8 Å². The molecule has 1 saturated heterocycles. The molecule has 264 valence electrons. The summed E-state index contributed by atoms with van der Waals surface area (Å²) in [6.45, 7) is 1.01. The molecule has 3 aliphatic rings. The molecule has 2 aromatic carbocycles. The van der Waals surface area contributed by atoms with Crippen LogP contribution in [0.5, 0.6) is 0 Å². The molecule has 2 amide bonds. The van der Waals surface area contributed by atoms with Gasteiger partial charge in [0.1, 0.15) is 24.4 Å². The molecule has 11 nitrogen and oxygen atoms in total. The molecule has 14 heteroatoms. The summed E-state index contributed by atoms with van der Waals surface area (Å²) in [5, 5.41) is 49.5. The van der Waals surface area contributed by atoms with E-state index in [1.54, 1.807) is 11.8 Å². The monoisotopic (exact) mass is 724 g/mol. The molecule has 1 saturated carbocycles. The van der Waals surface area contributed by atoms with E-state index in [0.717, 1.165) is 40.7 Å². The Balaban J connectivity index is 1.11. The number of aryl methyl sites for hydroxylation is 1. The number of hydrogen-bond donors (Lipinski definition) is 5. The molecule has 2 aromatic rings. The average molecular weight is 726 g/mol. The van der Waals surface area contributed by atoms with Gasteiger partial charge >= 0.3 is 0 Å². The number of para-hydroxylation sites is 2. The third-order valence-electron chi connectivity index (χ3n) is 9.45. The Bertz CT molecular complexity index is 1440. The van der Waals surface area contributed by atoms with E-state index in [-0.39, 0.29) is 30.8 Å². The van der Waals surface area contributed by atoms with Crippen molar-refractivity contribution in [1.29, 1.82) is 0 Å². The van der Waals surface area contributed by atoms with Gasteiger partial charge in [0.2, 0.25) is 11.8 Å². The molecular weight excluding hydrogens is 679 g/mol. The lowest BCUT2D eigenvalue weighted by Crippen LogP contribution is -2.52. The summed E-state index contributed by atoms with van der Waals surface area (Å²) in [7, 11) is 1.48. The SMILES string of the molecule is CN(C[C@H](O)[C@@H](O)[C@H](O)[C@H](O)CO)C(=O)CCCCc1cc(Cl)c(CN2CSC[C@H]2C(=O)N2CCN(C3CC3)c3ccccc32)cc1Cl. The Hall–Kier alpha value is -2.13. The van der Waals surface area contributed by atoms with Gasteiger partial charge in [-0.3, -0.25) is 14.5 Å². The highest BCUT2D eigenvalue weighted by Crippen LogP contribution is 2.41. The molecule has 0 bridgehead atoms. The number of benzene rings is 2. The fourth-order valence-corrected chi connectivity index (χ4v) is 8.13. The predicted octanol–water partition coefficient (Wildman–Crippen LogP) is 2.49. The number of aliphatic hydroxyl groups is 5. The fourth-order valence-electron chi connectivity index (χ4n) is 6.42. The predicted molar refractivity (Wildman–Crippen MR) is 189 cm³/mol. The largest absolute Gasteiger partial charge is 0.394 e. The molecule has 5 rings (SSSR count). The number of carbonyl (C=O) groups excluding carboxylic acids is 2. The van der Waals surface area contributed by atoms with E-state index < -0.39 is 31.0 Å². The van der Waals surface area contributed by atoms with Gasteiger partial charge in [0.05, 0.1) is 24.0 Å². The number of nitrogens with zero attached hydrogens (tertiary/aromatic N) is 4. The van der Waals surface area contributed by atoms with Crippen molar-refractivity contribution in [2.45, 2.75) is 81.6 Å². The molecule has 0 aromatic heterocycles. The molecule has 0 unspecified atom stereocenters. The molecule has 2 aliphatic heterocycles. The third-order valence-corrected chi connectivity index (χ3v) is 11.2. The molecule has 5 atom stereocenters. The van der Waals surface area contributed by atoms with Crippen LogP contribution in [0.2, 0.25) is 10.0 Å². The van der Waals surface area contributed by atoms with E-state index in [2.05, 4.69) is 21.9 Å². The molecule has 2 heterocycles. The van der Waals surface area contributed by atoms with Crippen molar-refractivity contribution in [2.75, 3.05) is 54.7 Å². The highest BCUT2D eigenvalue weighted by Gasteiger charge is 2.40. The Kier molecular flexibility index (Phi) is 12.9. The van der Waals surface area contributed by atoms with Crippen LogP contribution in [0.1, 0.15) is 43.2 Å². The Morgan fingerprint density at radius 2 is 1.62 bits per heavy atom. The van der Waals surface area contributed by atoms with Crippen LogP contribution in [-0.2, 0) is 22.6 Å². The van der Waals surface area contributed by atoms with Crippen molar-refractivity contribution in [2.24, 2.45) is 0 Å². The normalized spacial score (nSPS) is 20.7. The quantitative estimate of drug-likeness (QED) is 0.174. The van der Waals surface area contributed by atoms with Crippen molar-refractivity contribution in [3.63, 3.8) is 0 Å². The zero-order chi connectivity index (χ0) is 34.5. The second-order valence-electron chi connectivity index (χ2n) is 13.0. The maximum absolute atomic E-state index is 14.0. The summed E-state index contributed by atoms with van der Waals surface area (Å²) in [5.41, 5.74) is 3.86. The van der Waals surface area contributed by atoms with E-state index in [1.807, 2.05) is 29.2 Å². The van der Waals surface area contributed by atoms with Crippen LogP contribution < -0.4 is 9.80 Å². The second-order valence-corrected chi connectivity index (χ2v) is 14.8. The Morgan fingerprint density at radius 1 is 0.958 bits per heavy atom. The first-order valence-electron chi connectivity index (χ1n) is 16.5. The molecule has 2 fully saturated rings. The van der Waals surface area contributed by atoms with Gasteiger partial charge in [-0.25, -0.2) is 0 Å². The van der Waals surface area contributed by atoms with Gasteiger partial charge in [0.15, 0.2) is 0 Å². The maximum atomic E-state index is 14.0. The number of likely N-dealkylation sites (N-methyl/N-ethyl adjacent to an activating group) is 1. The Labute approximate surface area is 296 Å². The van der Waals surface area contributed by atoms with Crippen molar-refractivity contribution >= 4 is 58.2 Å². The van der Waals surface area contributed by atoms with Crippen molar-refractivity contribution in [3.05, 3.63) is 57.6 Å². The average Bonchev–Trinajstić information content (AvgIpc) is 3.83. The van der Waals surface area contributed by atoms with Gasteiger partial charge in [-0.05, 0) is 67.5 Å². The van der Waals surface area contributed by atoms with Crippen molar-refractivity contribution in [3.8, 4) is 0 Å². The zero-order valence-corrected chi connectivity index (χ0v) is 29.5. The van der Waals surface area contributed by atoms with Crippen LogP contribution in [0.15, 0.2) is 36.4 Å². The molecule has 1 aliphatic carbocycles. The van der Waals surface area contributed by atoms with E-state index in [1.165, 1.54) is 24.8 Å². The molecule has 0 radical (unpaired) electrons. The minimum Gasteiger partial charge on any atom is -0.394 e. The summed E-state index contributed by atoms with van der Waals surface area (Å²) in [6, 6.07) is 12.3. The van der Waals surface area contributed by atoms with Crippen LogP contribution in [0.25, 0.3) is 0 Å². The lowest BCUT2D eigenvalue weighted by Gasteiger charge is -2.39. The number of anilines is 2.